The average molecular weight is 253 g/mol. The van der Waals surface area contributed by atoms with Crippen molar-refractivity contribution in [2.24, 2.45) is 0 Å². The van der Waals surface area contributed by atoms with Gasteiger partial charge in [0.15, 0.2) is 0 Å². The molecule has 0 spiro atoms. The van der Waals surface area contributed by atoms with E-state index in [2.05, 4.69) is 10.3 Å². The van der Waals surface area contributed by atoms with Crippen molar-refractivity contribution in [2.45, 2.75) is 13.1 Å². The number of nitrogens with zero attached hydrogens (tertiary/aromatic N) is 2. The van der Waals surface area contributed by atoms with Gasteiger partial charge < -0.3 is 10.2 Å². The van der Waals surface area contributed by atoms with Gasteiger partial charge in [-0.3, -0.25) is 9.78 Å². The average Bonchev–Trinajstić information content (AvgIpc) is 2.94. The van der Waals surface area contributed by atoms with E-state index in [0.29, 0.717) is 0 Å². The van der Waals surface area contributed by atoms with Crippen LogP contribution in [-0.2, 0) is 13.1 Å². The Morgan fingerprint density at radius 2 is 1.89 bits per heavy atom. The van der Waals surface area contributed by atoms with Crippen LogP contribution in [0.1, 0.15) is 21.5 Å². The minimum atomic E-state index is 0.000833. The molecule has 0 fully saturated rings. The van der Waals surface area contributed by atoms with E-state index in [1.165, 1.54) is 11.1 Å². The first-order valence-electron chi connectivity index (χ1n) is 6.26. The van der Waals surface area contributed by atoms with Crippen molar-refractivity contribution >= 4 is 11.6 Å². The molecule has 0 aliphatic carbocycles. The molecule has 4 nitrogen and oxygen atoms in total. The summed E-state index contributed by atoms with van der Waals surface area (Å²) in [5.41, 5.74) is 4.07. The molecule has 4 heteroatoms. The monoisotopic (exact) mass is 253 g/mol. The van der Waals surface area contributed by atoms with Crippen molar-refractivity contribution in [3.05, 3.63) is 59.4 Å². The first-order valence-corrected chi connectivity index (χ1v) is 6.26. The van der Waals surface area contributed by atoms with Crippen molar-refractivity contribution < 1.29 is 4.79 Å². The minimum Gasteiger partial charge on any atom is -0.311 e. The molecule has 0 bridgehead atoms. The van der Waals surface area contributed by atoms with Gasteiger partial charge in [-0.2, -0.15) is 0 Å². The van der Waals surface area contributed by atoms with Gasteiger partial charge in [-0.1, -0.05) is 6.07 Å². The number of carbonyl (C=O) groups is 1. The second-order valence-corrected chi connectivity index (χ2v) is 4.66. The molecule has 0 saturated heterocycles. The first-order chi connectivity index (χ1) is 9.25. The number of aromatic nitrogens is 1. The summed E-state index contributed by atoms with van der Waals surface area (Å²) in [4.78, 5) is 18.0. The molecule has 1 aliphatic rings. The van der Waals surface area contributed by atoms with Crippen LogP contribution in [0.3, 0.4) is 0 Å². The highest BCUT2D eigenvalue weighted by Crippen LogP contribution is 2.19. The van der Waals surface area contributed by atoms with E-state index in [0.717, 1.165) is 24.3 Å². The maximum absolute atomic E-state index is 12.4. The molecule has 1 amide bonds. The zero-order chi connectivity index (χ0) is 13.2. The third kappa shape index (κ3) is 2.22. The van der Waals surface area contributed by atoms with Gasteiger partial charge in [-0.05, 0) is 35.4 Å². The Hall–Kier alpha value is -2.20. The number of rotatable bonds is 2. The van der Waals surface area contributed by atoms with E-state index in [9.17, 15) is 4.79 Å². The van der Waals surface area contributed by atoms with Crippen LogP contribution in [0, 0.1) is 0 Å². The molecule has 1 N–H and O–H groups in total. The smallest absolute Gasteiger partial charge is 0.258 e. The van der Waals surface area contributed by atoms with E-state index < -0.39 is 0 Å². The summed E-state index contributed by atoms with van der Waals surface area (Å²) in [5, 5.41) is 3.28. The van der Waals surface area contributed by atoms with E-state index >= 15 is 0 Å². The summed E-state index contributed by atoms with van der Waals surface area (Å²) in [6.07, 6.45) is 3.37. The largest absolute Gasteiger partial charge is 0.311 e. The second-order valence-electron chi connectivity index (χ2n) is 4.66. The van der Waals surface area contributed by atoms with Crippen molar-refractivity contribution in [3.8, 4) is 0 Å². The number of pyridine rings is 1. The standard InChI is InChI=1S/C15H15N3O/c1-18(14-4-6-16-7-5-14)15(19)11-2-3-12-9-17-10-13(12)8-11/h2-8,17H,9-10H2,1H3. The molecule has 2 heterocycles. The van der Waals surface area contributed by atoms with Gasteiger partial charge in [0.1, 0.15) is 0 Å². The number of amides is 1. The molecule has 0 atom stereocenters. The van der Waals surface area contributed by atoms with Gasteiger partial charge in [0.05, 0.1) is 0 Å². The Bertz CT molecular complexity index is 610. The number of carbonyl (C=O) groups excluding carboxylic acids is 1. The zero-order valence-electron chi connectivity index (χ0n) is 10.8. The maximum Gasteiger partial charge on any atom is 0.258 e. The highest BCUT2D eigenvalue weighted by Gasteiger charge is 2.17. The van der Waals surface area contributed by atoms with Gasteiger partial charge in [0, 0.05) is 43.8 Å². The fourth-order valence-corrected chi connectivity index (χ4v) is 2.31. The van der Waals surface area contributed by atoms with Gasteiger partial charge in [0.2, 0.25) is 0 Å². The molecule has 1 aromatic heterocycles. The lowest BCUT2D eigenvalue weighted by molar-refractivity contribution is 0.0993. The Kier molecular flexibility index (Phi) is 3.01. The summed E-state index contributed by atoms with van der Waals surface area (Å²) in [6, 6.07) is 9.56. The van der Waals surface area contributed by atoms with Crippen LogP contribution in [-0.4, -0.2) is 17.9 Å². The van der Waals surface area contributed by atoms with E-state index in [1.54, 1.807) is 24.3 Å². The molecule has 0 unspecified atom stereocenters. The Labute approximate surface area is 112 Å². The molecule has 2 aromatic rings. The van der Waals surface area contributed by atoms with Crippen LogP contribution in [0.25, 0.3) is 0 Å². The van der Waals surface area contributed by atoms with Crippen molar-refractivity contribution in [1.29, 1.82) is 0 Å². The predicted octanol–water partition coefficient (Wildman–Crippen LogP) is 1.96. The lowest BCUT2D eigenvalue weighted by atomic mass is 10.1. The number of benzene rings is 1. The molecule has 3 rings (SSSR count). The fourth-order valence-electron chi connectivity index (χ4n) is 2.31. The molecule has 0 saturated carbocycles. The van der Waals surface area contributed by atoms with Gasteiger partial charge in [-0.15, -0.1) is 0 Å². The molecular formula is C15H15N3O. The summed E-state index contributed by atoms with van der Waals surface area (Å²) in [6.45, 7) is 1.74. The topological polar surface area (TPSA) is 45.2 Å². The molecule has 1 aliphatic heterocycles. The van der Waals surface area contributed by atoms with Crippen molar-refractivity contribution in [1.82, 2.24) is 10.3 Å². The third-order valence-corrected chi connectivity index (χ3v) is 3.44. The second kappa shape index (κ2) is 4.82. The number of hydrogen-bond donors (Lipinski definition) is 1. The molecular weight excluding hydrogens is 238 g/mol. The number of fused-ring (bicyclic) bond motifs is 1. The van der Waals surface area contributed by atoms with Gasteiger partial charge >= 0.3 is 0 Å². The Morgan fingerprint density at radius 3 is 2.68 bits per heavy atom. The highest BCUT2D eigenvalue weighted by atomic mass is 16.2. The van der Waals surface area contributed by atoms with Crippen LogP contribution in [0.2, 0.25) is 0 Å². The number of nitrogens with one attached hydrogen (secondary N) is 1. The quantitative estimate of drug-likeness (QED) is 0.890. The van der Waals surface area contributed by atoms with Crippen LogP contribution in [0.5, 0.6) is 0 Å². The Morgan fingerprint density at radius 1 is 1.16 bits per heavy atom. The highest BCUT2D eigenvalue weighted by molar-refractivity contribution is 6.05. The van der Waals surface area contributed by atoms with Crippen LogP contribution < -0.4 is 10.2 Å². The van der Waals surface area contributed by atoms with Crippen LogP contribution >= 0.6 is 0 Å². The van der Waals surface area contributed by atoms with Crippen LogP contribution in [0.4, 0.5) is 5.69 Å². The van der Waals surface area contributed by atoms with Crippen LogP contribution in [0.15, 0.2) is 42.7 Å². The summed E-state index contributed by atoms with van der Waals surface area (Å²) in [7, 11) is 1.78. The maximum atomic E-state index is 12.4. The Balaban J connectivity index is 1.88. The lowest BCUT2D eigenvalue weighted by Crippen LogP contribution is -2.26. The van der Waals surface area contributed by atoms with E-state index in [-0.39, 0.29) is 5.91 Å². The van der Waals surface area contributed by atoms with E-state index in [4.69, 9.17) is 0 Å². The normalized spacial score (nSPS) is 13.1. The zero-order valence-corrected chi connectivity index (χ0v) is 10.8. The lowest BCUT2D eigenvalue weighted by Gasteiger charge is -2.17. The summed E-state index contributed by atoms with van der Waals surface area (Å²) >= 11 is 0. The third-order valence-electron chi connectivity index (χ3n) is 3.44. The molecule has 0 radical (unpaired) electrons. The minimum absolute atomic E-state index is 0.000833. The first kappa shape index (κ1) is 11.9. The van der Waals surface area contributed by atoms with E-state index in [1.807, 2.05) is 30.3 Å². The molecule has 96 valence electrons. The predicted molar refractivity (Wildman–Crippen MR) is 74.0 cm³/mol. The summed E-state index contributed by atoms with van der Waals surface area (Å²) < 4.78 is 0. The van der Waals surface area contributed by atoms with Gasteiger partial charge in [-0.25, -0.2) is 0 Å². The van der Waals surface area contributed by atoms with Crippen molar-refractivity contribution in [3.63, 3.8) is 0 Å². The number of hydrogen-bond acceptors (Lipinski definition) is 3. The van der Waals surface area contributed by atoms with Gasteiger partial charge in [0.25, 0.3) is 5.91 Å². The SMILES string of the molecule is CN(C(=O)c1ccc2c(c1)CNC2)c1ccncc1. The van der Waals surface area contributed by atoms with Crippen molar-refractivity contribution in [2.75, 3.05) is 11.9 Å². The number of anilines is 1. The molecule has 1 aromatic carbocycles. The molecule has 19 heavy (non-hydrogen) atoms. The summed E-state index contributed by atoms with van der Waals surface area (Å²) in [5.74, 6) is 0.000833. The fraction of sp³-hybridized carbons (Fsp3) is 0.200.